The molecule has 9 nitrogen and oxygen atoms in total. The Morgan fingerprint density at radius 2 is 0.672 bits per heavy atom. The van der Waals surface area contributed by atoms with Crippen LogP contribution in [0.15, 0.2) is 0 Å². The lowest BCUT2D eigenvalue weighted by Crippen LogP contribution is -2.37. The number of unbranched alkanes of at least 4 members (excludes halogenated alkanes) is 41. The van der Waals surface area contributed by atoms with Crippen molar-refractivity contribution in [2.24, 2.45) is 0 Å². The zero-order valence-corrected chi connectivity index (χ0v) is 46.3. The van der Waals surface area contributed by atoms with E-state index in [2.05, 4.69) is 13.8 Å². The third-order valence-electron chi connectivity index (χ3n) is 13.4. The van der Waals surface area contributed by atoms with E-state index in [-0.39, 0.29) is 32.0 Å². The predicted octanol–water partition coefficient (Wildman–Crippen LogP) is 17.2. The molecule has 0 aliphatic rings. The normalized spacial score (nSPS) is 13.2. The largest absolute Gasteiger partial charge is 0.756 e. The van der Waals surface area contributed by atoms with Crippen molar-refractivity contribution in [1.29, 1.82) is 0 Å². The monoisotopic (exact) mass is 972 g/mol. The van der Waals surface area contributed by atoms with E-state index < -0.39 is 26.5 Å². The number of nitrogens with zero attached hydrogens (tertiary/aromatic N) is 1. The molecule has 0 radical (unpaired) electrons. The number of ether oxygens (including phenoxy) is 2. The van der Waals surface area contributed by atoms with Gasteiger partial charge in [0.25, 0.3) is 7.82 Å². The van der Waals surface area contributed by atoms with E-state index in [9.17, 15) is 19.0 Å². The summed E-state index contributed by atoms with van der Waals surface area (Å²) < 4.78 is 34.2. The van der Waals surface area contributed by atoms with Crippen molar-refractivity contribution in [2.75, 3.05) is 47.5 Å². The Balaban J connectivity index is 4.07. The van der Waals surface area contributed by atoms with Gasteiger partial charge >= 0.3 is 11.9 Å². The standard InChI is InChI=1S/C57H114NO8P/c1-6-8-10-12-14-16-18-20-22-24-25-26-27-28-29-30-31-32-34-36-38-40-42-44-46-48-50-57(60)66-55(54-65-67(61,62)64-52-51-58(3,4)5)53-63-56(59)49-47-45-43-41-39-37-35-33-23-21-19-17-15-13-11-9-7-2/h55H,6-54H2,1-5H3. The highest BCUT2D eigenvalue weighted by Crippen LogP contribution is 2.38. The molecule has 2 atom stereocenters. The fourth-order valence-electron chi connectivity index (χ4n) is 8.84. The van der Waals surface area contributed by atoms with Crippen molar-refractivity contribution in [1.82, 2.24) is 0 Å². The minimum atomic E-state index is -4.63. The smallest absolute Gasteiger partial charge is 0.306 e. The third kappa shape index (κ3) is 54.2. The van der Waals surface area contributed by atoms with Crippen LogP contribution in [0.25, 0.3) is 0 Å². The average molecular weight is 973 g/mol. The SMILES string of the molecule is CCCCCCCCCCCCCCCCCCCCCCCCCCCCC(=O)OC(COC(=O)CCCCCCCCCCCCCCCCCCC)COP(=O)([O-])OCC[N+](C)(C)C. The second-order valence-electron chi connectivity index (χ2n) is 21.4. The summed E-state index contributed by atoms with van der Waals surface area (Å²) in [5.74, 6) is -0.809. The Hall–Kier alpha value is -0.990. The summed E-state index contributed by atoms with van der Waals surface area (Å²) in [6.07, 6.45) is 55.8. The molecule has 0 aromatic rings. The number of carbonyl (C=O) groups excluding carboxylic acids is 2. The quantitative estimate of drug-likeness (QED) is 0.0256. The molecule has 0 amide bonds. The molecular weight excluding hydrogens is 858 g/mol. The summed E-state index contributed by atoms with van der Waals surface area (Å²) in [5, 5.41) is 0. The van der Waals surface area contributed by atoms with Crippen LogP contribution < -0.4 is 4.89 Å². The van der Waals surface area contributed by atoms with E-state index in [1.807, 2.05) is 21.1 Å². The van der Waals surface area contributed by atoms with Gasteiger partial charge in [0.1, 0.15) is 19.8 Å². The average Bonchev–Trinajstić information content (AvgIpc) is 3.29. The van der Waals surface area contributed by atoms with Crippen molar-refractivity contribution < 1.29 is 42.1 Å². The molecule has 0 aliphatic heterocycles. The maximum atomic E-state index is 12.8. The fraction of sp³-hybridized carbons (Fsp3) is 0.965. The topological polar surface area (TPSA) is 111 Å². The van der Waals surface area contributed by atoms with Crippen LogP contribution in [0.2, 0.25) is 0 Å². The van der Waals surface area contributed by atoms with Crippen LogP contribution >= 0.6 is 7.82 Å². The molecule has 0 N–H and O–H groups in total. The second-order valence-corrected chi connectivity index (χ2v) is 22.8. The molecule has 0 rings (SSSR count). The maximum Gasteiger partial charge on any atom is 0.306 e. The Bertz CT molecular complexity index is 1100. The van der Waals surface area contributed by atoms with Crippen LogP contribution in [0, 0.1) is 0 Å². The molecule has 0 saturated heterocycles. The van der Waals surface area contributed by atoms with Crippen LogP contribution in [0.1, 0.15) is 303 Å². The van der Waals surface area contributed by atoms with Gasteiger partial charge in [0.15, 0.2) is 6.10 Å². The number of carbonyl (C=O) groups is 2. The van der Waals surface area contributed by atoms with E-state index in [0.717, 1.165) is 32.1 Å². The molecule has 0 heterocycles. The Labute approximate surface area is 416 Å². The summed E-state index contributed by atoms with van der Waals surface area (Å²) in [5.41, 5.74) is 0. The van der Waals surface area contributed by atoms with Crippen molar-refractivity contribution in [2.45, 2.75) is 309 Å². The van der Waals surface area contributed by atoms with Gasteiger partial charge in [0, 0.05) is 12.8 Å². The highest BCUT2D eigenvalue weighted by Gasteiger charge is 2.22. The van der Waals surface area contributed by atoms with Gasteiger partial charge in [0.05, 0.1) is 27.7 Å². The first-order chi connectivity index (χ1) is 32.5. The predicted molar refractivity (Wildman–Crippen MR) is 282 cm³/mol. The number of quaternary nitrogens is 1. The number of phosphoric ester groups is 1. The Morgan fingerprint density at radius 3 is 0.955 bits per heavy atom. The minimum Gasteiger partial charge on any atom is -0.756 e. The molecule has 67 heavy (non-hydrogen) atoms. The summed E-state index contributed by atoms with van der Waals surface area (Å²) in [6.45, 7) is 4.31. The van der Waals surface area contributed by atoms with Gasteiger partial charge in [-0.2, -0.15) is 0 Å². The summed E-state index contributed by atoms with van der Waals surface area (Å²) in [6, 6.07) is 0. The molecule has 400 valence electrons. The van der Waals surface area contributed by atoms with Crippen LogP contribution in [0.4, 0.5) is 0 Å². The number of rotatable bonds is 55. The zero-order chi connectivity index (χ0) is 49.2. The van der Waals surface area contributed by atoms with Crippen molar-refractivity contribution in [3.63, 3.8) is 0 Å². The molecule has 0 bridgehead atoms. The van der Waals surface area contributed by atoms with Gasteiger partial charge in [-0.1, -0.05) is 277 Å². The first kappa shape index (κ1) is 66.0. The summed E-state index contributed by atoms with van der Waals surface area (Å²) in [4.78, 5) is 37.8. The molecule has 0 fully saturated rings. The number of likely N-dealkylation sites (N-methyl/N-ethyl adjacent to an activating group) is 1. The van der Waals surface area contributed by atoms with Gasteiger partial charge in [-0.15, -0.1) is 0 Å². The number of esters is 2. The Kier molecular flexibility index (Phi) is 49.2. The molecule has 0 aliphatic carbocycles. The lowest BCUT2D eigenvalue weighted by atomic mass is 10.0. The van der Waals surface area contributed by atoms with E-state index in [1.54, 1.807) is 0 Å². The first-order valence-electron chi connectivity index (χ1n) is 29.2. The summed E-state index contributed by atoms with van der Waals surface area (Å²) in [7, 11) is 1.19. The number of hydrogen-bond donors (Lipinski definition) is 0. The van der Waals surface area contributed by atoms with Crippen LogP contribution in [0.3, 0.4) is 0 Å². The van der Waals surface area contributed by atoms with E-state index in [4.69, 9.17) is 18.5 Å². The molecule has 0 spiro atoms. The van der Waals surface area contributed by atoms with E-state index >= 15 is 0 Å². The van der Waals surface area contributed by atoms with Gasteiger partial charge in [-0.3, -0.25) is 14.2 Å². The molecule has 10 heteroatoms. The summed E-state index contributed by atoms with van der Waals surface area (Å²) >= 11 is 0. The minimum absolute atomic E-state index is 0.0251. The van der Waals surface area contributed by atoms with E-state index in [0.29, 0.717) is 17.4 Å². The first-order valence-corrected chi connectivity index (χ1v) is 30.7. The number of hydrogen-bond acceptors (Lipinski definition) is 8. The maximum absolute atomic E-state index is 12.8. The van der Waals surface area contributed by atoms with Crippen molar-refractivity contribution >= 4 is 19.8 Å². The zero-order valence-electron chi connectivity index (χ0n) is 45.4. The molecule has 2 unspecified atom stereocenters. The molecular formula is C57H114NO8P. The van der Waals surface area contributed by atoms with Crippen molar-refractivity contribution in [3.05, 3.63) is 0 Å². The second kappa shape index (κ2) is 50.0. The lowest BCUT2D eigenvalue weighted by Gasteiger charge is -2.28. The van der Waals surface area contributed by atoms with Gasteiger partial charge in [0.2, 0.25) is 0 Å². The van der Waals surface area contributed by atoms with E-state index in [1.165, 1.54) is 238 Å². The van der Waals surface area contributed by atoms with Gasteiger partial charge in [-0.05, 0) is 12.8 Å². The van der Waals surface area contributed by atoms with Crippen LogP contribution in [-0.2, 0) is 32.7 Å². The van der Waals surface area contributed by atoms with Gasteiger partial charge < -0.3 is 27.9 Å². The fourth-order valence-corrected chi connectivity index (χ4v) is 9.57. The van der Waals surface area contributed by atoms with Crippen LogP contribution in [0.5, 0.6) is 0 Å². The number of phosphoric acid groups is 1. The highest BCUT2D eigenvalue weighted by molar-refractivity contribution is 7.45. The molecule has 0 aromatic carbocycles. The lowest BCUT2D eigenvalue weighted by molar-refractivity contribution is -0.870. The Morgan fingerprint density at radius 1 is 0.403 bits per heavy atom. The van der Waals surface area contributed by atoms with Crippen LogP contribution in [-0.4, -0.2) is 70.0 Å². The van der Waals surface area contributed by atoms with Crippen molar-refractivity contribution in [3.8, 4) is 0 Å². The highest BCUT2D eigenvalue weighted by atomic mass is 31.2. The molecule has 0 saturated carbocycles. The third-order valence-corrected chi connectivity index (χ3v) is 14.3. The van der Waals surface area contributed by atoms with Gasteiger partial charge in [-0.25, -0.2) is 0 Å². The molecule has 0 aromatic heterocycles.